The third-order valence-electron chi connectivity index (χ3n) is 5.10. The first kappa shape index (κ1) is 19.1. The van der Waals surface area contributed by atoms with Gasteiger partial charge in [0.15, 0.2) is 0 Å². The molecule has 1 aromatic carbocycles. The first-order valence-electron chi connectivity index (χ1n) is 9.93. The molecule has 3 heterocycles. The number of piperazine rings is 1. The second-order valence-electron chi connectivity index (χ2n) is 7.16. The van der Waals surface area contributed by atoms with Crippen molar-refractivity contribution in [1.82, 2.24) is 19.8 Å². The molecule has 0 radical (unpaired) electrons. The van der Waals surface area contributed by atoms with Crippen LogP contribution >= 0.6 is 0 Å². The van der Waals surface area contributed by atoms with Crippen LogP contribution in [0.4, 0.5) is 5.82 Å². The van der Waals surface area contributed by atoms with Crippen LogP contribution in [0.15, 0.2) is 73.1 Å². The number of aromatic nitrogens is 2. The van der Waals surface area contributed by atoms with Crippen LogP contribution < -0.4 is 5.32 Å². The van der Waals surface area contributed by atoms with Crippen LogP contribution in [0.2, 0.25) is 0 Å². The highest BCUT2D eigenvalue weighted by Gasteiger charge is 2.22. The average Bonchev–Trinajstić information content (AvgIpc) is 2.79. The zero-order valence-electron chi connectivity index (χ0n) is 16.4. The van der Waals surface area contributed by atoms with E-state index in [-0.39, 0.29) is 5.91 Å². The fourth-order valence-corrected chi connectivity index (χ4v) is 3.44. The molecule has 1 saturated heterocycles. The molecule has 4 rings (SSSR count). The van der Waals surface area contributed by atoms with Gasteiger partial charge in [0.25, 0.3) is 5.91 Å². The molecular weight excluding hydrogens is 362 g/mol. The minimum absolute atomic E-state index is 0.0492. The van der Waals surface area contributed by atoms with Crippen LogP contribution in [0.3, 0.4) is 0 Å². The largest absolute Gasteiger partial charge is 0.364 e. The number of anilines is 1. The average molecular weight is 387 g/mol. The Kier molecular flexibility index (Phi) is 6.12. The third-order valence-corrected chi connectivity index (χ3v) is 5.10. The summed E-state index contributed by atoms with van der Waals surface area (Å²) in [7, 11) is 0. The van der Waals surface area contributed by atoms with Gasteiger partial charge in [0, 0.05) is 45.1 Å². The second kappa shape index (κ2) is 9.30. The number of amides is 1. The number of nitrogens with zero attached hydrogens (tertiary/aromatic N) is 4. The zero-order chi connectivity index (χ0) is 19.9. The molecule has 0 aliphatic carbocycles. The third kappa shape index (κ3) is 5.18. The normalized spacial score (nSPS) is 14.6. The highest BCUT2D eigenvalue weighted by atomic mass is 16.2. The van der Waals surface area contributed by atoms with Crippen molar-refractivity contribution in [2.75, 3.05) is 31.5 Å². The number of benzene rings is 1. The molecule has 6 nitrogen and oxygen atoms in total. The molecule has 0 atom stereocenters. The molecular formula is C23H25N5O. The maximum atomic E-state index is 12.8. The van der Waals surface area contributed by atoms with E-state index in [9.17, 15) is 4.79 Å². The smallest absolute Gasteiger partial charge is 0.255 e. The van der Waals surface area contributed by atoms with E-state index >= 15 is 0 Å². The number of nitrogens with one attached hydrogen (secondary N) is 1. The Hall–Kier alpha value is -3.25. The van der Waals surface area contributed by atoms with E-state index in [4.69, 9.17) is 0 Å². The van der Waals surface area contributed by atoms with E-state index in [2.05, 4.69) is 44.5 Å². The van der Waals surface area contributed by atoms with E-state index in [0.717, 1.165) is 44.2 Å². The number of carbonyl (C=O) groups is 1. The van der Waals surface area contributed by atoms with Crippen molar-refractivity contribution in [3.8, 4) is 0 Å². The van der Waals surface area contributed by atoms with Gasteiger partial charge in [-0.15, -0.1) is 0 Å². The topological polar surface area (TPSA) is 61.4 Å². The lowest BCUT2D eigenvalue weighted by atomic mass is 10.2. The van der Waals surface area contributed by atoms with Crippen LogP contribution in [-0.2, 0) is 13.1 Å². The number of hydrogen-bond acceptors (Lipinski definition) is 5. The first-order valence-corrected chi connectivity index (χ1v) is 9.93. The molecule has 1 N–H and O–H groups in total. The molecule has 6 heteroatoms. The standard InChI is InChI=1S/C23H25N5O/c29-23(28-14-12-27(13-15-28)18-19-6-2-1-3-7-19)20-9-10-22(25-16-20)26-17-21-8-4-5-11-24-21/h1-11,16H,12-15,17-18H2,(H,25,26). The zero-order valence-corrected chi connectivity index (χ0v) is 16.4. The summed E-state index contributed by atoms with van der Waals surface area (Å²) < 4.78 is 0. The van der Waals surface area contributed by atoms with Crippen molar-refractivity contribution >= 4 is 11.7 Å². The lowest BCUT2D eigenvalue weighted by Crippen LogP contribution is -2.48. The van der Waals surface area contributed by atoms with Crippen molar-refractivity contribution in [2.45, 2.75) is 13.1 Å². The highest BCUT2D eigenvalue weighted by Crippen LogP contribution is 2.13. The van der Waals surface area contributed by atoms with E-state index < -0.39 is 0 Å². The van der Waals surface area contributed by atoms with Crippen LogP contribution in [0, 0.1) is 0 Å². The summed E-state index contributed by atoms with van der Waals surface area (Å²) in [5, 5.41) is 3.23. The van der Waals surface area contributed by atoms with Gasteiger partial charge in [-0.1, -0.05) is 36.4 Å². The summed E-state index contributed by atoms with van der Waals surface area (Å²) in [6.07, 6.45) is 3.42. The molecule has 1 aliphatic rings. The molecule has 2 aromatic heterocycles. The van der Waals surface area contributed by atoms with Gasteiger partial charge < -0.3 is 10.2 Å². The quantitative estimate of drug-likeness (QED) is 0.704. The van der Waals surface area contributed by atoms with Crippen molar-refractivity contribution in [1.29, 1.82) is 0 Å². The Balaban J connectivity index is 1.27. The number of pyridine rings is 2. The van der Waals surface area contributed by atoms with Gasteiger partial charge in [0.05, 0.1) is 17.8 Å². The first-order chi connectivity index (χ1) is 14.3. The van der Waals surface area contributed by atoms with Gasteiger partial charge in [-0.3, -0.25) is 14.7 Å². The van der Waals surface area contributed by atoms with Crippen LogP contribution in [0.5, 0.6) is 0 Å². The molecule has 0 unspecified atom stereocenters. The monoisotopic (exact) mass is 387 g/mol. The molecule has 0 saturated carbocycles. The molecule has 1 fully saturated rings. The van der Waals surface area contributed by atoms with E-state index in [0.29, 0.717) is 12.1 Å². The van der Waals surface area contributed by atoms with Gasteiger partial charge in [-0.2, -0.15) is 0 Å². The lowest BCUT2D eigenvalue weighted by Gasteiger charge is -2.34. The predicted octanol–water partition coefficient (Wildman–Crippen LogP) is 3.05. The van der Waals surface area contributed by atoms with Crippen LogP contribution in [-0.4, -0.2) is 51.9 Å². The Morgan fingerprint density at radius 2 is 1.69 bits per heavy atom. The molecule has 148 valence electrons. The summed E-state index contributed by atoms with van der Waals surface area (Å²) in [6, 6.07) is 20.0. The summed E-state index contributed by atoms with van der Waals surface area (Å²) in [5.74, 6) is 0.785. The van der Waals surface area contributed by atoms with Gasteiger partial charge in [-0.25, -0.2) is 4.98 Å². The summed E-state index contributed by atoms with van der Waals surface area (Å²) in [4.78, 5) is 25.8. The molecule has 0 spiro atoms. The number of carbonyl (C=O) groups excluding carboxylic acids is 1. The van der Waals surface area contributed by atoms with E-state index in [1.807, 2.05) is 41.3 Å². The summed E-state index contributed by atoms with van der Waals surface area (Å²) in [6.45, 7) is 4.79. The Morgan fingerprint density at radius 1 is 0.897 bits per heavy atom. The summed E-state index contributed by atoms with van der Waals surface area (Å²) in [5.41, 5.74) is 2.89. The van der Waals surface area contributed by atoms with Crippen LogP contribution in [0.25, 0.3) is 0 Å². The maximum Gasteiger partial charge on any atom is 0.255 e. The fourth-order valence-electron chi connectivity index (χ4n) is 3.44. The van der Waals surface area contributed by atoms with Gasteiger partial charge in [-0.05, 0) is 29.8 Å². The van der Waals surface area contributed by atoms with E-state index in [1.165, 1.54) is 5.56 Å². The number of hydrogen-bond donors (Lipinski definition) is 1. The fraction of sp³-hybridized carbons (Fsp3) is 0.261. The minimum Gasteiger partial charge on any atom is -0.364 e. The number of rotatable bonds is 6. The van der Waals surface area contributed by atoms with Gasteiger partial charge in [0.1, 0.15) is 5.82 Å². The minimum atomic E-state index is 0.0492. The van der Waals surface area contributed by atoms with Crippen molar-refractivity contribution in [2.24, 2.45) is 0 Å². The summed E-state index contributed by atoms with van der Waals surface area (Å²) >= 11 is 0. The Bertz CT molecular complexity index is 907. The van der Waals surface area contributed by atoms with Crippen molar-refractivity contribution < 1.29 is 4.79 Å². The van der Waals surface area contributed by atoms with Crippen molar-refractivity contribution in [3.05, 3.63) is 89.9 Å². The molecule has 29 heavy (non-hydrogen) atoms. The molecule has 3 aromatic rings. The van der Waals surface area contributed by atoms with Gasteiger partial charge in [0.2, 0.25) is 0 Å². The Labute approximate surface area is 171 Å². The van der Waals surface area contributed by atoms with Gasteiger partial charge >= 0.3 is 0 Å². The Morgan fingerprint density at radius 3 is 2.38 bits per heavy atom. The SMILES string of the molecule is O=C(c1ccc(NCc2ccccn2)nc1)N1CCN(Cc2ccccc2)CC1. The predicted molar refractivity (Wildman–Crippen MR) is 113 cm³/mol. The highest BCUT2D eigenvalue weighted by molar-refractivity contribution is 5.94. The molecule has 0 bridgehead atoms. The van der Waals surface area contributed by atoms with Crippen molar-refractivity contribution in [3.63, 3.8) is 0 Å². The lowest BCUT2D eigenvalue weighted by molar-refractivity contribution is 0.0628. The molecule has 1 aliphatic heterocycles. The second-order valence-corrected chi connectivity index (χ2v) is 7.16. The van der Waals surface area contributed by atoms with E-state index in [1.54, 1.807) is 12.4 Å². The van der Waals surface area contributed by atoms with Crippen LogP contribution in [0.1, 0.15) is 21.6 Å². The maximum absolute atomic E-state index is 12.8. The molecule has 1 amide bonds.